The van der Waals surface area contributed by atoms with Gasteiger partial charge in [0.15, 0.2) is 0 Å². The Morgan fingerprint density at radius 2 is 2.47 bits per heavy atom. The van der Waals surface area contributed by atoms with Crippen molar-refractivity contribution in [3.8, 4) is 0 Å². The number of thiazole rings is 1. The van der Waals surface area contributed by atoms with Gasteiger partial charge in [0.1, 0.15) is 6.29 Å². The lowest BCUT2D eigenvalue weighted by atomic mass is 9.98. The molecule has 1 aliphatic heterocycles. The number of carbonyl (C=O) groups excluding carboxylic acids is 1. The van der Waals surface area contributed by atoms with Crippen LogP contribution in [0.5, 0.6) is 0 Å². The van der Waals surface area contributed by atoms with Gasteiger partial charge >= 0.3 is 0 Å². The summed E-state index contributed by atoms with van der Waals surface area (Å²) in [5.41, 5.74) is 0. The minimum atomic E-state index is 0.512. The number of likely N-dealkylation sites (tertiary alicyclic amines) is 1. The Labute approximate surface area is 107 Å². The van der Waals surface area contributed by atoms with Gasteiger partial charge in [-0.3, -0.25) is 0 Å². The lowest BCUT2D eigenvalue weighted by molar-refractivity contribution is -0.107. The Morgan fingerprint density at radius 1 is 1.65 bits per heavy atom. The van der Waals surface area contributed by atoms with Crippen LogP contribution in [0, 0.1) is 0 Å². The van der Waals surface area contributed by atoms with Gasteiger partial charge in [-0.05, 0) is 33.2 Å². The number of aromatic nitrogens is 1. The van der Waals surface area contributed by atoms with Gasteiger partial charge in [-0.2, -0.15) is 0 Å². The molecule has 94 valence electrons. The second kappa shape index (κ2) is 5.74. The van der Waals surface area contributed by atoms with E-state index < -0.39 is 0 Å². The molecule has 0 saturated carbocycles. The minimum absolute atomic E-state index is 0.512. The first-order chi connectivity index (χ1) is 8.20. The van der Waals surface area contributed by atoms with Crippen LogP contribution >= 0.6 is 11.3 Å². The Bertz CT molecular complexity index is 375. The van der Waals surface area contributed by atoms with Crippen LogP contribution in [-0.4, -0.2) is 35.3 Å². The SMILES string of the molecule is CC(C)N1CCCC(c2ncc(CC=O)s2)C1. The molecule has 0 aromatic carbocycles. The van der Waals surface area contributed by atoms with Crippen LogP contribution in [0.1, 0.15) is 42.5 Å². The number of aldehydes is 1. The summed E-state index contributed by atoms with van der Waals surface area (Å²) in [6.07, 6.45) is 5.82. The van der Waals surface area contributed by atoms with Crippen molar-refractivity contribution in [3.05, 3.63) is 16.1 Å². The molecule has 1 atom stereocenters. The second-order valence-electron chi connectivity index (χ2n) is 4.96. The summed E-state index contributed by atoms with van der Waals surface area (Å²) < 4.78 is 0. The number of hydrogen-bond donors (Lipinski definition) is 0. The lowest BCUT2D eigenvalue weighted by Gasteiger charge is -2.34. The fourth-order valence-corrected chi connectivity index (χ4v) is 3.35. The molecular weight excluding hydrogens is 232 g/mol. The quantitative estimate of drug-likeness (QED) is 0.772. The van der Waals surface area contributed by atoms with E-state index in [1.807, 2.05) is 6.20 Å². The molecule has 1 aromatic rings. The van der Waals surface area contributed by atoms with Gasteiger partial charge in [0, 0.05) is 36.0 Å². The summed E-state index contributed by atoms with van der Waals surface area (Å²) in [6, 6.07) is 0.618. The first kappa shape index (κ1) is 12.7. The predicted octanol–water partition coefficient (Wildman–Crippen LogP) is 2.47. The highest BCUT2D eigenvalue weighted by molar-refractivity contribution is 7.11. The van der Waals surface area contributed by atoms with Crippen LogP contribution in [0.25, 0.3) is 0 Å². The molecule has 17 heavy (non-hydrogen) atoms. The number of hydrogen-bond acceptors (Lipinski definition) is 4. The number of nitrogens with zero attached hydrogens (tertiary/aromatic N) is 2. The summed E-state index contributed by atoms with van der Waals surface area (Å²) >= 11 is 1.71. The zero-order valence-electron chi connectivity index (χ0n) is 10.6. The average molecular weight is 252 g/mol. The van der Waals surface area contributed by atoms with Crippen molar-refractivity contribution in [2.45, 2.75) is 45.1 Å². The van der Waals surface area contributed by atoms with Gasteiger partial charge < -0.3 is 9.69 Å². The first-order valence-electron chi connectivity index (χ1n) is 6.33. The monoisotopic (exact) mass is 252 g/mol. The van der Waals surface area contributed by atoms with E-state index in [4.69, 9.17) is 0 Å². The molecule has 1 saturated heterocycles. The van der Waals surface area contributed by atoms with Gasteiger partial charge in [-0.15, -0.1) is 11.3 Å². The van der Waals surface area contributed by atoms with Crippen molar-refractivity contribution in [1.29, 1.82) is 0 Å². The van der Waals surface area contributed by atoms with Crippen molar-refractivity contribution >= 4 is 17.6 Å². The molecule has 2 heterocycles. The molecule has 1 aliphatic rings. The maximum absolute atomic E-state index is 10.5. The maximum atomic E-state index is 10.5. The second-order valence-corrected chi connectivity index (χ2v) is 6.11. The van der Waals surface area contributed by atoms with Crippen LogP contribution in [0.4, 0.5) is 0 Å². The average Bonchev–Trinajstić information content (AvgIpc) is 2.78. The van der Waals surface area contributed by atoms with E-state index >= 15 is 0 Å². The molecule has 2 rings (SSSR count). The largest absolute Gasteiger partial charge is 0.303 e. The van der Waals surface area contributed by atoms with E-state index in [2.05, 4.69) is 23.7 Å². The van der Waals surface area contributed by atoms with Crippen molar-refractivity contribution < 1.29 is 4.79 Å². The van der Waals surface area contributed by atoms with E-state index in [1.54, 1.807) is 11.3 Å². The molecule has 1 aromatic heterocycles. The summed E-state index contributed by atoms with van der Waals surface area (Å²) in [5.74, 6) is 0.566. The molecule has 0 N–H and O–H groups in total. The third kappa shape index (κ3) is 3.13. The maximum Gasteiger partial charge on any atom is 0.125 e. The minimum Gasteiger partial charge on any atom is -0.303 e. The summed E-state index contributed by atoms with van der Waals surface area (Å²) in [7, 11) is 0. The summed E-state index contributed by atoms with van der Waals surface area (Å²) in [4.78, 5) is 18.6. The highest BCUT2D eigenvalue weighted by Gasteiger charge is 2.24. The molecular formula is C13H20N2OS. The Balaban J connectivity index is 2.02. The van der Waals surface area contributed by atoms with Crippen LogP contribution in [-0.2, 0) is 11.2 Å². The Morgan fingerprint density at radius 3 is 3.18 bits per heavy atom. The molecule has 1 fully saturated rings. The van der Waals surface area contributed by atoms with Crippen molar-refractivity contribution in [2.75, 3.05) is 13.1 Å². The van der Waals surface area contributed by atoms with E-state index in [-0.39, 0.29) is 0 Å². The Kier molecular flexibility index (Phi) is 4.29. The molecule has 0 bridgehead atoms. The Hall–Kier alpha value is -0.740. The summed E-state index contributed by atoms with van der Waals surface area (Å²) in [6.45, 7) is 6.83. The van der Waals surface area contributed by atoms with E-state index in [1.165, 1.54) is 24.4 Å². The molecule has 0 amide bonds. The standard InChI is InChI=1S/C13H20N2OS/c1-10(2)15-6-3-4-11(9-15)13-14-8-12(17-13)5-7-16/h7-8,10-11H,3-6,9H2,1-2H3. The first-order valence-corrected chi connectivity index (χ1v) is 7.14. The van der Waals surface area contributed by atoms with Gasteiger partial charge in [0.2, 0.25) is 0 Å². The van der Waals surface area contributed by atoms with Crippen molar-refractivity contribution in [3.63, 3.8) is 0 Å². The number of carbonyl (C=O) groups is 1. The van der Waals surface area contributed by atoms with E-state index in [9.17, 15) is 4.79 Å². The zero-order valence-corrected chi connectivity index (χ0v) is 11.4. The highest BCUT2D eigenvalue weighted by Crippen LogP contribution is 2.30. The molecule has 0 radical (unpaired) electrons. The van der Waals surface area contributed by atoms with Gasteiger partial charge in [0.25, 0.3) is 0 Å². The van der Waals surface area contributed by atoms with E-state index in [0.29, 0.717) is 18.4 Å². The third-order valence-electron chi connectivity index (χ3n) is 3.39. The highest BCUT2D eigenvalue weighted by atomic mass is 32.1. The fraction of sp³-hybridized carbons (Fsp3) is 0.692. The van der Waals surface area contributed by atoms with Gasteiger partial charge in [-0.25, -0.2) is 4.98 Å². The lowest BCUT2D eigenvalue weighted by Crippen LogP contribution is -2.39. The number of piperidine rings is 1. The molecule has 4 heteroatoms. The van der Waals surface area contributed by atoms with Crippen molar-refractivity contribution in [1.82, 2.24) is 9.88 Å². The summed E-state index contributed by atoms with van der Waals surface area (Å²) in [5, 5.41) is 1.22. The van der Waals surface area contributed by atoms with Crippen LogP contribution in [0.3, 0.4) is 0 Å². The molecule has 0 spiro atoms. The van der Waals surface area contributed by atoms with Gasteiger partial charge in [0.05, 0.1) is 5.01 Å². The topological polar surface area (TPSA) is 33.2 Å². The molecule has 3 nitrogen and oxygen atoms in total. The smallest absolute Gasteiger partial charge is 0.125 e. The zero-order chi connectivity index (χ0) is 12.3. The molecule has 0 aliphatic carbocycles. The van der Waals surface area contributed by atoms with Crippen molar-refractivity contribution in [2.24, 2.45) is 0 Å². The molecule has 1 unspecified atom stereocenters. The van der Waals surface area contributed by atoms with Gasteiger partial charge in [-0.1, -0.05) is 0 Å². The predicted molar refractivity (Wildman–Crippen MR) is 70.6 cm³/mol. The third-order valence-corrected chi connectivity index (χ3v) is 4.57. The van der Waals surface area contributed by atoms with Crippen LogP contribution < -0.4 is 0 Å². The van der Waals surface area contributed by atoms with Crippen LogP contribution in [0.2, 0.25) is 0 Å². The van der Waals surface area contributed by atoms with Crippen LogP contribution in [0.15, 0.2) is 6.20 Å². The fourth-order valence-electron chi connectivity index (χ4n) is 2.36. The van der Waals surface area contributed by atoms with E-state index in [0.717, 1.165) is 17.7 Å². The normalized spacial score (nSPS) is 21.9. The number of rotatable bonds is 4.